The van der Waals surface area contributed by atoms with Crippen molar-refractivity contribution in [2.45, 2.75) is 63.6 Å². The Hall–Kier alpha value is -1.67. The van der Waals surface area contributed by atoms with Crippen molar-refractivity contribution in [2.75, 3.05) is 53.0 Å². The van der Waals surface area contributed by atoms with E-state index in [0.29, 0.717) is 31.9 Å². The van der Waals surface area contributed by atoms with Crippen LogP contribution in [0.25, 0.3) is 0 Å². The molecule has 3 rings (SSSR count). The molecular formula is C25H40N2O5. The predicted molar refractivity (Wildman–Crippen MR) is 124 cm³/mol. The summed E-state index contributed by atoms with van der Waals surface area (Å²) in [6.45, 7) is 6.25. The van der Waals surface area contributed by atoms with E-state index in [1.807, 2.05) is 32.0 Å². The van der Waals surface area contributed by atoms with Crippen LogP contribution in [0.5, 0.6) is 5.75 Å². The number of methoxy groups -OCH3 is 1. The molecule has 1 atom stereocenters. The van der Waals surface area contributed by atoms with Crippen LogP contribution < -0.4 is 4.74 Å². The SMILES string of the molecule is COCC(=O)N1CCN(CC2(O)CCCCCC2)C[C@@](O)(COc2ccc(C)c(C)c2)C1. The molecule has 0 aromatic heterocycles. The minimum atomic E-state index is -1.25. The van der Waals surface area contributed by atoms with E-state index < -0.39 is 11.2 Å². The number of carbonyl (C=O) groups excluding carboxylic acids is 1. The Kier molecular flexibility index (Phi) is 8.55. The lowest BCUT2D eigenvalue weighted by Crippen LogP contribution is -2.54. The molecule has 1 aromatic rings. The summed E-state index contributed by atoms with van der Waals surface area (Å²) in [5, 5.41) is 22.8. The van der Waals surface area contributed by atoms with Crippen molar-refractivity contribution in [2.24, 2.45) is 0 Å². The van der Waals surface area contributed by atoms with Gasteiger partial charge in [0, 0.05) is 33.3 Å². The number of aliphatic hydroxyl groups is 2. The van der Waals surface area contributed by atoms with Crippen LogP contribution in [0.3, 0.4) is 0 Å². The van der Waals surface area contributed by atoms with E-state index in [4.69, 9.17) is 9.47 Å². The molecule has 1 aromatic carbocycles. The van der Waals surface area contributed by atoms with Crippen LogP contribution >= 0.6 is 0 Å². The highest BCUT2D eigenvalue weighted by Gasteiger charge is 2.40. The Morgan fingerprint density at radius 3 is 2.38 bits per heavy atom. The molecular weight excluding hydrogens is 408 g/mol. The average Bonchev–Trinajstić information content (AvgIpc) is 3.05. The average molecular weight is 449 g/mol. The van der Waals surface area contributed by atoms with E-state index in [0.717, 1.165) is 44.1 Å². The van der Waals surface area contributed by atoms with E-state index in [1.165, 1.54) is 12.7 Å². The largest absolute Gasteiger partial charge is 0.490 e. The van der Waals surface area contributed by atoms with Crippen LogP contribution in [-0.2, 0) is 9.53 Å². The maximum atomic E-state index is 12.6. The van der Waals surface area contributed by atoms with Gasteiger partial charge in [-0.3, -0.25) is 9.69 Å². The van der Waals surface area contributed by atoms with Crippen LogP contribution in [0.15, 0.2) is 18.2 Å². The monoisotopic (exact) mass is 448 g/mol. The quantitative estimate of drug-likeness (QED) is 0.623. The van der Waals surface area contributed by atoms with Crippen molar-refractivity contribution in [3.8, 4) is 5.75 Å². The number of carbonyl (C=O) groups is 1. The predicted octanol–water partition coefficient (Wildman–Crippen LogP) is 2.29. The zero-order valence-corrected chi connectivity index (χ0v) is 19.9. The Morgan fingerprint density at radius 1 is 1.00 bits per heavy atom. The summed E-state index contributed by atoms with van der Waals surface area (Å²) < 4.78 is 11.0. The maximum absolute atomic E-state index is 12.6. The third-order valence-electron chi connectivity index (χ3n) is 6.85. The van der Waals surface area contributed by atoms with E-state index in [1.54, 1.807) is 4.90 Å². The molecule has 1 amide bonds. The van der Waals surface area contributed by atoms with Gasteiger partial charge in [-0.25, -0.2) is 0 Å². The highest BCUT2D eigenvalue weighted by atomic mass is 16.5. The van der Waals surface area contributed by atoms with Gasteiger partial charge in [0.2, 0.25) is 5.91 Å². The van der Waals surface area contributed by atoms with Gasteiger partial charge in [-0.05, 0) is 49.9 Å². The second-order valence-electron chi connectivity index (χ2n) is 9.86. The van der Waals surface area contributed by atoms with Crippen molar-refractivity contribution in [1.82, 2.24) is 9.80 Å². The van der Waals surface area contributed by atoms with Gasteiger partial charge in [0.1, 0.15) is 24.6 Å². The lowest BCUT2D eigenvalue weighted by molar-refractivity contribution is -0.138. The molecule has 1 saturated carbocycles. The van der Waals surface area contributed by atoms with Crippen molar-refractivity contribution in [1.29, 1.82) is 0 Å². The number of hydrogen-bond acceptors (Lipinski definition) is 6. The second kappa shape index (κ2) is 11.0. The fourth-order valence-electron chi connectivity index (χ4n) is 4.88. The number of ether oxygens (including phenoxy) is 2. The summed E-state index contributed by atoms with van der Waals surface area (Å²) in [6, 6.07) is 5.88. The first-order valence-corrected chi connectivity index (χ1v) is 11.9. The Morgan fingerprint density at radius 2 is 1.72 bits per heavy atom. The number of rotatable bonds is 7. The van der Waals surface area contributed by atoms with Crippen molar-refractivity contribution in [3.63, 3.8) is 0 Å². The molecule has 0 spiro atoms. The standard InChI is InChI=1S/C25H40N2O5/c1-20-8-9-22(14-21(20)2)32-19-25(30)17-26(12-13-27(18-25)23(28)15-31-3)16-24(29)10-6-4-5-7-11-24/h8-9,14,29-30H,4-7,10-13,15-19H2,1-3H3/t25-/m0/s1. The van der Waals surface area contributed by atoms with Crippen molar-refractivity contribution < 1.29 is 24.5 Å². The lowest BCUT2D eigenvalue weighted by atomic mass is 9.93. The van der Waals surface area contributed by atoms with Gasteiger partial charge in [-0.2, -0.15) is 0 Å². The third kappa shape index (κ3) is 6.91. The fraction of sp³-hybridized carbons (Fsp3) is 0.720. The molecule has 1 aliphatic carbocycles. The van der Waals surface area contributed by atoms with Gasteiger partial charge in [0.25, 0.3) is 0 Å². The summed E-state index contributed by atoms with van der Waals surface area (Å²) in [6.07, 6.45) is 5.96. The maximum Gasteiger partial charge on any atom is 0.248 e. The second-order valence-corrected chi connectivity index (χ2v) is 9.86. The molecule has 0 unspecified atom stereocenters. The van der Waals surface area contributed by atoms with Crippen molar-refractivity contribution in [3.05, 3.63) is 29.3 Å². The number of benzene rings is 1. The molecule has 1 heterocycles. The first kappa shape index (κ1) is 25.0. The van der Waals surface area contributed by atoms with Gasteiger partial charge in [0.15, 0.2) is 0 Å². The molecule has 32 heavy (non-hydrogen) atoms. The normalized spacial score (nSPS) is 24.6. The highest BCUT2D eigenvalue weighted by molar-refractivity contribution is 5.77. The third-order valence-corrected chi connectivity index (χ3v) is 6.85. The van der Waals surface area contributed by atoms with Crippen molar-refractivity contribution >= 4 is 5.91 Å². The van der Waals surface area contributed by atoms with Gasteiger partial charge in [0.05, 0.1) is 12.1 Å². The molecule has 2 fully saturated rings. The summed E-state index contributed by atoms with van der Waals surface area (Å²) in [7, 11) is 1.50. The van der Waals surface area contributed by atoms with Gasteiger partial charge in [-0.15, -0.1) is 0 Å². The molecule has 7 heteroatoms. The van der Waals surface area contributed by atoms with Gasteiger partial charge >= 0.3 is 0 Å². The zero-order valence-electron chi connectivity index (χ0n) is 19.9. The molecule has 7 nitrogen and oxygen atoms in total. The van der Waals surface area contributed by atoms with Crippen LogP contribution in [0.4, 0.5) is 0 Å². The van der Waals surface area contributed by atoms with Crippen LogP contribution in [0, 0.1) is 13.8 Å². The number of hydrogen-bond donors (Lipinski definition) is 2. The van der Waals surface area contributed by atoms with Gasteiger partial charge in [-0.1, -0.05) is 31.7 Å². The van der Waals surface area contributed by atoms with E-state index in [-0.39, 0.29) is 25.7 Å². The van der Waals surface area contributed by atoms with E-state index in [2.05, 4.69) is 4.90 Å². The molecule has 0 radical (unpaired) electrons. The molecule has 1 aliphatic heterocycles. The number of amides is 1. The zero-order chi connectivity index (χ0) is 23.2. The minimum absolute atomic E-state index is 0.0158. The summed E-state index contributed by atoms with van der Waals surface area (Å²) in [4.78, 5) is 16.3. The first-order chi connectivity index (χ1) is 15.2. The summed E-state index contributed by atoms with van der Waals surface area (Å²) in [5.74, 6) is 0.557. The summed E-state index contributed by atoms with van der Waals surface area (Å²) >= 11 is 0. The van der Waals surface area contributed by atoms with Gasteiger partial charge < -0.3 is 24.6 Å². The van der Waals surface area contributed by atoms with E-state index in [9.17, 15) is 15.0 Å². The molecule has 0 bridgehead atoms. The summed E-state index contributed by atoms with van der Waals surface area (Å²) in [5.41, 5.74) is 0.326. The Balaban J connectivity index is 1.74. The van der Waals surface area contributed by atoms with Crippen LogP contribution in [-0.4, -0.2) is 90.2 Å². The smallest absolute Gasteiger partial charge is 0.248 e. The lowest BCUT2D eigenvalue weighted by Gasteiger charge is -2.36. The Bertz CT molecular complexity index is 763. The topological polar surface area (TPSA) is 82.5 Å². The molecule has 1 saturated heterocycles. The van der Waals surface area contributed by atoms with Crippen LogP contribution in [0.2, 0.25) is 0 Å². The molecule has 180 valence electrons. The minimum Gasteiger partial charge on any atom is -0.490 e. The number of aryl methyl sites for hydroxylation is 2. The van der Waals surface area contributed by atoms with Crippen LogP contribution in [0.1, 0.15) is 49.7 Å². The Labute approximate surface area is 192 Å². The number of β-amino-alcohol motifs (C(OH)–C–C–N with tert-alkyl or cyclic N) is 2. The molecule has 2 N–H and O–H groups in total. The highest BCUT2D eigenvalue weighted by Crippen LogP contribution is 2.29. The first-order valence-electron chi connectivity index (χ1n) is 11.9. The van der Waals surface area contributed by atoms with E-state index >= 15 is 0 Å². The fourth-order valence-corrected chi connectivity index (χ4v) is 4.88. The molecule has 2 aliphatic rings. The number of nitrogens with zero attached hydrogens (tertiary/aromatic N) is 2.